The van der Waals surface area contributed by atoms with Crippen LogP contribution >= 0.6 is 27.3 Å². The Bertz CT molecular complexity index is 572. The van der Waals surface area contributed by atoms with Crippen molar-refractivity contribution in [1.82, 2.24) is 9.97 Å². The highest BCUT2D eigenvalue weighted by Gasteiger charge is 2.09. The molecule has 0 aliphatic rings. The fourth-order valence-corrected chi connectivity index (χ4v) is 3.25. The second-order valence-corrected chi connectivity index (χ2v) is 6.40. The molecular weight excluding hydrogens is 338 g/mol. The van der Waals surface area contributed by atoms with E-state index in [1.54, 1.807) is 11.3 Å². The maximum absolute atomic E-state index is 5.77. The number of nitrogens with two attached hydrogens (primary N) is 1. The van der Waals surface area contributed by atoms with Crippen molar-refractivity contribution in [2.75, 3.05) is 29.5 Å². The molecule has 7 heteroatoms. The van der Waals surface area contributed by atoms with Crippen molar-refractivity contribution >= 4 is 44.9 Å². The number of hydrogen-bond acceptors (Lipinski definition) is 6. The van der Waals surface area contributed by atoms with E-state index in [-0.39, 0.29) is 0 Å². The number of rotatable bonds is 6. The number of hydrogen-bond donors (Lipinski definition) is 2. The summed E-state index contributed by atoms with van der Waals surface area (Å²) in [5.41, 5.74) is 5.77. The SMILES string of the molecule is CCCNc1cc(N(C)Cc2cc(Br)cs2)nc(N)n1. The zero-order valence-electron chi connectivity index (χ0n) is 11.6. The lowest BCUT2D eigenvalue weighted by molar-refractivity contribution is 0.903. The van der Waals surface area contributed by atoms with Gasteiger partial charge < -0.3 is 16.0 Å². The van der Waals surface area contributed by atoms with E-state index in [1.165, 1.54) is 4.88 Å². The first-order chi connectivity index (χ1) is 9.58. The van der Waals surface area contributed by atoms with E-state index >= 15 is 0 Å². The Balaban J connectivity index is 2.12. The van der Waals surface area contributed by atoms with Crippen LogP contribution in [0.25, 0.3) is 0 Å². The van der Waals surface area contributed by atoms with Crippen LogP contribution in [-0.4, -0.2) is 23.6 Å². The van der Waals surface area contributed by atoms with Crippen LogP contribution in [0, 0.1) is 0 Å². The van der Waals surface area contributed by atoms with Crippen molar-refractivity contribution in [3.05, 3.63) is 26.9 Å². The van der Waals surface area contributed by atoms with Crippen molar-refractivity contribution < 1.29 is 0 Å². The molecule has 0 radical (unpaired) electrons. The van der Waals surface area contributed by atoms with Crippen LogP contribution in [0.2, 0.25) is 0 Å². The van der Waals surface area contributed by atoms with Gasteiger partial charge in [-0.3, -0.25) is 0 Å². The van der Waals surface area contributed by atoms with Crippen molar-refractivity contribution in [2.24, 2.45) is 0 Å². The van der Waals surface area contributed by atoms with Gasteiger partial charge in [0, 0.05) is 34.4 Å². The number of halogens is 1. The van der Waals surface area contributed by atoms with Gasteiger partial charge in [0.05, 0.1) is 6.54 Å². The lowest BCUT2D eigenvalue weighted by Gasteiger charge is -2.18. The van der Waals surface area contributed by atoms with Gasteiger partial charge in [0.2, 0.25) is 5.95 Å². The Kier molecular flexibility index (Phi) is 5.19. The molecule has 0 aliphatic carbocycles. The van der Waals surface area contributed by atoms with E-state index in [1.807, 2.05) is 13.1 Å². The van der Waals surface area contributed by atoms with Gasteiger partial charge in [-0.1, -0.05) is 6.92 Å². The molecule has 0 saturated carbocycles. The Morgan fingerprint density at radius 1 is 1.40 bits per heavy atom. The normalized spacial score (nSPS) is 10.6. The molecule has 0 bridgehead atoms. The van der Waals surface area contributed by atoms with Crippen LogP contribution in [0.1, 0.15) is 18.2 Å². The molecule has 0 fully saturated rings. The van der Waals surface area contributed by atoms with Crippen molar-refractivity contribution in [3.8, 4) is 0 Å². The average molecular weight is 356 g/mol. The van der Waals surface area contributed by atoms with E-state index in [0.717, 1.165) is 35.6 Å². The summed E-state index contributed by atoms with van der Waals surface area (Å²) in [6, 6.07) is 4.04. The molecule has 0 unspecified atom stereocenters. The maximum atomic E-state index is 5.77. The molecule has 108 valence electrons. The zero-order valence-corrected chi connectivity index (χ0v) is 14.0. The third-order valence-electron chi connectivity index (χ3n) is 2.69. The van der Waals surface area contributed by atoms with Crippen LogP contribution < -0.4 is 16.0 Å². The molecule has 0 atom stereocenters. The Labute approximate surface area is 131 Å². The standard InChI is InChI=1S/C13H18BrN5S/c1-3-4-16-11-6-12(18-13(15)17-11)19(2)7-10-5-9(14)8-20-10/h5-6,8H,3-4,7H2,1-2H3,(H3,15,16,17,18). The number of thiophene rings is 1. The molecule has 2 aromatic heterocycles. The van der Waals surface area contributed by atoms with Crippen molar-refractivity contribution in [3.63, 3.8) is 0 Å². The summed E-state index contributed by atoms with van der Waals surface area (Å²) in [4.78, 5) is 11.8. The summed E-state index contributed by atoms with van der Waals surface area (Å²) in [5.74, 6) is 1.88. The molecule has 2 heterocycles. The lowest BCUT2D eigenvalue weighted by atomic mass is 10.4. The van der Waals surface area contributed by atoms with E-state index in [2.05, 4.69) is 54.5 Å². The third kappa shape index (κ3) is 4.08. The van der Waals surface area contributed by atoms with Gasteiger partial charge >= 0.3 is 0 Å². The predicted molar refractivity (Wildman–Crippen MR) is 89.4 cm³/mol. The minimum absolute atomic E-state index is 0.292. The molecule has 0 amide bonds. The van der Waals surface area contributed by atoms with Gasteiger partial charge in [-0.05, 0) is 28.4 Å². The second-order valence-electron chi connectivity index (χ2n) is 4.48. The van der Waals surface area contributed by atoms with Crippen LogP contribution in [0.5, 0.6) is 0 Å². The quantitative estimate of drug-likeness (QED) is 0.831. The molecule has 2 aromatic rings. The molecule has 0 aliphatic heterocycles. The molecule has 3 N–H and O–H groups in total. The first-order valence-corrected chi connectivity index (χ1v) is 8.08. The highest BCUT2D eigenvalue weighted by atomic mass is 79.9. The third-order valence-corrected chi connectivity index (χ3v) is 4.37. The molecular formula is C13H18BrN5S. The monoisotopic (exact) mass is 355 g/mol. The topological polar surface area (TPSA) is 67.1 Å². The van der Waals surface area contributed by atoms with Gasteiger partial charge in [0.1, 0.15) is 11.6 Å². The first kappa shape index (κ1) is 15.1. The molecule has 5 nitrogen and oxygen atoms in total. The molecule has 20 heavy (non-hydrogen) atoms. The number of nitrogen functional groups attached to an aromatic ring is 1. The Morgan fingerprint density at radius 3 is 2.85 bits per heavy atom. The van der Waals surface area contributed by atoms with Gasteiger partial charge in [-0.2, -0.15) is 9.97 Å². The van der Waals surface area contributed by atoms with Gasteiger partial charge in [0.25, 0.3) is 0 Å². The molecule has 0 spiro atoms. The predicted octanol–water partition coefficient (Wildman–Crippen LogP) is 3.34. The van der Waals surface area contributed by atoms with Crippen molar-refractivity contribution in [2.45, 2.75) is 19.9 Å². The van der Waals surface area contributed by atoms with E-state index in [9.17, 15) is 0 Å². The van der Waals surface area contributed by atoms with Crippen molar-refractivity contribution in [1.29, 1.82) is 0 Å². The smallest absolute Gasteiger partial charge is 0.223 e. The van der Waals surface area contributed by atoms with E-state index < -0.39 is 0 Å². The highest BCUT2D eigenvalue weighted by Crippen LogP contribution is 2.23. The number of nitrogens with zero attached hydrogens (tertiary/aromatic N) is 3. The summed E-state index contributed by atoms with van der Waals surface area (Å²) in [7, 11) is 2.00. The highest BCUT2D eigenvalue weighted by molar-refractivity contribution is 9.10. The summed E-state index contributed by atoms with van der Waals surface area (Å²) in [6.07, 6.45) is 1.04. The van der Waals surface area contributed by atoms with Gasteiger partial charge in [-0.25, -0.2) is 0 Å². The van der Waals surface area contributed by atoms with Gasteiger partial charge in [0.15, 0.2) is 0 Å². The fraction of sp³-hybridized carbons (Fsp3) is 0.385. The molecule has 2 rings (SSSR count). The zero-order chi connectivity index (χ0) is 14.5. The summed E-state index contributed by atoms with van der Waals surface area (Å²) in [5, 5.41) is 5.31. The Hall–Kier alpha value is -1.34. The van der Waals surface area contributed by atoms with E-state index in [4.69, 9.17) is 5.73 Å². The number of nitrogens with one attached hydrogen (secondary N) is 1. The first-order valence-electron chi connectivity index (χ1n) is 6.41. The van der Waals surface area contributed by atoms with Crippen LogP contribution in [0.15, 0.2) is 22.0 Å². The number of anilines is 3. The van der Waals surface area contributed by atoms with Crippen LogP contribution in [0.3, 0.4) is 0 Å². The average Bonchev–Trinajstić information content (AvgIpc) is 2.81. The summed E-state index contributed by atoms with van der Waals surface area (Å²) < 4.78 is 1.11. The molecule has 0 aromatic carbocycles. The molecule has 0 saturated heterocycles. The summed E-state index contributed by atoms with van der Waals surface area (Å²) in [6.45, 7) is 3.77. The van der Waals surface area contributed by atoms with Crippen LogP contribution in [0.4, 0.5) is 17.6 Å². The summed E-state index contributed by atoms with van der Waals surface area (Å²) >= 11 is 5.18. The van der Waals surface area contributed by atoms with E-state index in [0.29, 0.717) is 5.95 Å². The minimum Gasteiger partial charge on any atom is -0.370 e. The fourth-order valence-electron chi connectivity index (χ4n) is 1.74. The maximum Gasteiger partial charge on any atom is 0.223 e. The minimum atomic E-state index is 0.292. The second kappa shape index (κ2) is 6.90. The lowest BCUT2D eigenvalue weighted by Crippen LogP contribution is -2.18. The Morgan fingerprint density at radius 2 is 2.20 bits per heavy atom. The van der Waals surface area contributed by atoms with Crippen LogP contribution in [-0.2, 0) is 6.54 Å². The number of aromatic nitrogens is 2. The largest absolute Gasteiger partial charge is 0.370 e. The van der Waals surface area contributed by atoms with Gasteiger partial charge in [-0.15, -0.1) is 11.3 Å².